The molecule has 0 N–H and O–H groups in total. The number of carbonyl (C=O) groups excluding carboxylic acids is 1. The maximum atomic E-state index is 11.5. The van der Waals surface area contributed by atoms with Crippen LogP contribution < -0.4 is 0 Å². The van der Waals surface area contributed by atoms with Crippen molar-refractivity contribution in [2.75, 3.05) is 0 Å². The van der Waals surface area contributed by atoms with Gasteiger partial charge in [-0.2, -0.15) is 0 Å². The highest BCUT2D eigenvalue weighted by molar-refractivity contribution is 5.79. The van der Waals surface area contributed by atoms with Crippen molar-refractivity contribution in [2.24, 2.45) is 11.8 Å². The Labute approximate surface area is 99.6 Å². The molecular weight excluding hydrogens is 196 g/mol. The summed E-state index contributed by atoms with van der Waals surface area (Å²) in [6.45, 7) is 3.95. The molecule has 0 saturated heterocycles. The average Bonchev–Trinajstić information content (AvgIpc) is 2.29. The molecule has 0 amide bonds. The van der Waals surface area contributed by atoms with Crippen molar-refractivity contribution < 1.29 is 4.79 Å². The first-order valence-electron chi connectivity index (χ1n) is 6.59. The van der Waals surface area contributed by atoms with Gasteiger partial charge in [0, 0.05) is 11.8 Å². The van der Waals surface area contributed by atoms with Crippen LogP contribution in [0, 0.1) is 11.8 Å². The number of Topliss-reactive ketones (excluding diaryl/α,β-unsaturated/α-hetero) is 1. The van der Waals surface area contributed by atoms with E-state index in [1.54, 1.807) is 6.92 Å². The highest BCUT2D eigenvalue weighted by Gasteiger charge is 2.22. The lowest BCUT2D eigenvalue weighted by molar-refractivity contribution is -0.121. The third-order valence-electron chi connectivity index (χ3n) is 3.32. The highest BCUT2D eigenvalue weighted by atomic mass is 16.1. The molecule has 1 rings (SSSR count). The molecule has 16 heavy (non-hydrogen) atoms. The summed E-state index contributed by atoms with van der Waals surface area (Å²) in [6.07, 6.45) is 16.0. The maximum Gasteiger partial charge on any atom is 0.133 e. The Balaban J connectivity index is 2.40. The molecule has 0 aromatic rings. The molecule has 0 fully saturated rings. The number of hydrogen-bond donors (Lipinski definition) is 0. The summed E-state index contributed by atoms with van der Waals surface area (Å²) >= 11 is 0. The van der Waals surface area contributed by atoms with E-state index in [-0.39, 0.29) is 5.92 Å². The average molecular weight is 220 g/mol. The molecule has 0 saturated carbocycles. The highest BCUT2D eigenvalue weighted by Crippen LogP contribution is 2.26. The fraction of sp³-hybridized carbons (Fsp3) is 0.667. The maximum absolute atomic E-state index is 11.5. The first-order valence-corrected chi connectivity index (χ1v) is 6.59. The zero-order valence-corrected chi connectivity index (χ0v) is 10.6. The zero-order chi connectivity index (χ0) is 11.8. The fourth-order valence-corrected chi connectivity index (χ4v) is 2.29. The van der Waals surface area contributed by atoms with Gasteiger partial charge in [-0.05, 0) is 32.6 Å². The number of unbranched alkanes of at least 4 members (excludes halogenated alkanes) is 3. The zero-order valence-electron chi connectivity index (χ0n) is 10.6. The Kier molecular flexibility index (Phi) is 6.14. The molecule has 0 spiro atoms. The minimum Gasteiger partial charge on any atom is -0.300 e. The Hall–Kier alpha value is -0.850. The van der Waals surface area contributed by atoms with Gasteiger partial charge in [-0.3, -0.25) is 4.79 Å². The largest absolute Gasteiger partial charge is 0.300 e. The van der Waals surface area contributed by atoms with Crippen molar-refractivity contribution in [2.45, 2.75) is 52.4 Å². The second-order valence-corrected chi connectivity index (χ2v) is 4.72. The van der Waals surface area contributed by atoms with Gasteiger partial charge in [0.25, 0.3) is 0 Å². The van der Waals surface area contributed by atoms with E-state index in [9.17, 15) is 4.79 Å². The quantitative estimate of drug-likeness (QED) is 0.482. The molecule has 0 aliphatic heterocycles. The molecule has 0 heterocycles. The van der Waals surface area contributed by atoms with Crippen LogP contribution in [0.25, 0.3) is 0 Å². The van der Waals surface area contributed by atoms with Crippen LogP contribution in [0.5, 0.6) is 0 Å². The van der Waals surface area contributed by atoms with Crippen molar-refractivity contribution in [1.82, 2.24) is 0 Å². The predicted molar refractivity (Wildman–Crippen MR) is 69.3 cm³/mol. The topological polar surface area (TPSA) is 17.1 Å². The predicted octanol–water partition coefficient (Wildman–Crippen LogP) is 4.29. The first kappa shape index (κ1) is 13.2. The van der Waals surface area contributed by atoms with Gasteiger partial charge in [0.2, 0.25) is 0 Å². The molecule has 0 aromatic heterocycles. The van der Waals surface area contributed by atoms with E-state index in [2.05, 4.69) is 31.2 Å². The lowest BCUT2D eigenvalue weighted by atomic mass is 9.81. The van der Waals surface area contributed by atoms with Gasteiger partial charge in [0.15, 0.2) is 0 Å². The molecule has 2 atom stereocenters. The molecule has 1 nitrogen and oxygen atoms in total. The van der Waals surface area contributed by atoms with E-state index in [1.807, 2.05) is 0 Å². The van der Waals surface area contributed by atoms with E-state index in [0.717, 1.165) is 19.3 Å². The van der Waals surface area contributed by atoms with Gasteiger partial charge in [0.05, 0.1) is 0 Å². The molecule has 1 aliphatic rings. The Bertz CT molecular complexity index is 263. The molecule has 90 valence electrons. The van der Waals surface area contributed by atoms with Crippen molar-refractivity contribution in [3.8, 4) is 0 Å². The number of allylic oxidation sites excluding steroid dienone is 4. The van der Waals surface area contributed by atoms with Gasteiger partial charge < -0.3 is 0 Å². The molecule has 0 aromatic carbocycles. The van der Waals surface area contributed by atoms with Crippen LogP contribution >= 0.6 is 0 Å². The van der Waals surface area contributed by atoms with Crippen molar-refractivity contribution in [3.05, 3.63) is 24.3 Å². The number of hydrogen-bond acceptors (Lipinski definition) is 1. The minimum absolute atomic E-state index is 0.229. The second kappa shape index (κ2) is 7.43. The Morgan fingerprint density at radius 3 is 2.94 bits per heavy atom. The van der Waals surface area contributed by atoms with E-state index in [4.69, 9.17) is 0 Å². The number of carbonyl (C=O) groups is 1. The van der Waals surface area contributed by atoms with E-state index >= 15 is 0 Å². The Morgan fingerprint density at radius 1 is 1.44 bits per heavy atom. The SMILES string of the molecule is CCCCC/C=C\[C@@H]1C=CCC[C@@H]1C(C)=O. The lowest BCUT2D eigenvalue weighted by Crippen LogP contribution is -2.21. The summed E-state index contributed by atoms with van der Waals surface area (Å²) in [5.74, 6) is 0.924. The fourth-order valence-electron chi connectivity index (χ4n) is 2.29. The monoisotopic (exact) mass is 220 g/mol. The van der Waals surface area contributed by atoms with Crippen molar-refractivity contribution in [1.29, 1.82) is 0 Å². The van der Waals surface area contributed by atoms with Crippen LogP contribution in [-0.4, -0.2) is 5.78 Å². The number of ketones is 1. The number of rotatable bonds is 6. The summed E-state index contributed by atoms with van der Waals surface area (Å²) in [6, 6.07) is 0. The summed E-state index contributed by atoms with van der Waals surface area (Å²) in [7, 11) is 0. The molecule has 0 radical (unpaired) electrons. The molecule has 1 heteroatoms. The standard InChI is InChI=1S/C15H24O/c1-3-4-5-6-7-10-14-11-8-9-12-15(14)13(2)16/h7-8,10-11,14-15H,3-6,9,12H2,1-2H3/b10-7-/t14-,15-/m1/s1. The third kappa shape index (κ3) is 4.34. The second-order valence-electron chi connectivity index (χ2n) is 4.72. The van der Waals surface area contributed by atoms with E-state index < -0.39 is 0 Å². The minimum atomic E-state index is 0.229. The van der Waals surface area contributed by atoms with Gasteiger partial charge in [-0.1, -0.05) is 44.1 Å². The van der Waals surface area contributed by atoms with Crippen LogP contribution in [0.1, 0.15) is 52.4 Å². The molecule has 0 unspecified atom stereocenters. The van der Waals surface area contributed by atoms with Gasteiger partial charge in [0.1, 0.15) is 5.78 Å². The van der Waals surface area contributed by atoms with Gasteiger partial charge in [-0.15, -0.1) is 0 Å². The van der Waals surface area contributed by atoms with Crippen LogP contribution in [0.4, 0.5) is 0 Å². The van der Waals surface area contributed by atoms with Crippen LogP contribution in [0.2, 0.25) is 0 Å². The van der Waals surface area contributed by atoms with E-state index in [1.165, 1.54) is 19.3 Å². The summed E-state index contributed by atoms with van der Waals surface area (Å²) in [5, 5.41) is 0. The van der Waals surface area contributed by atoms with Crippen molar-refractivity contribution >= 4 is 5.78 Å². The normalized spacial score (nSPS) is 25.1. The van der Waals surface area contributed by atoms with E-state index in [0.29, 0.717) is 11.7 Å². The molecule has 1 aliphatic carbocycles. The summed E-state index contributed by atoms with van der Waals surface area (Å²) < 4.78 is 0. The molecular formula is C15H24O. The first-order chi connectivity index (χ1) is 7.75. The lowest BCUT2D eigenvalue weighted by Gasteiger charge is -2.22. The Morgan fingerprint density at radius 2 is 2.25 bits per heavy atom. The van der Waals surface area contributed by atoms with Crippen LogP contribution in [-0.2, 0) is 4.79 Å². The summed E-state index contributed by atoms with van der Waals surface area (Å²) in [5.41, 5.74) is 0. The van der Waals surface area contributed by atoms with Crippen LogP contribution in [0.3, 0.4) is 0 Å². The summed E-state index contributed by atoms with van der Waals surface area (Å²) in [4.78, 5) is 11.5. The third-order valence-corrected chi connectivity index (χ3v) is 3.32. The van der Waals surface area contributed by atoms with Gasteiger partial charge in [-0.25, -0.2) is 0 Å². The van der Waals surface area contributed by atoms with Crippen molar-refractivity contribution in [3.63, 3.8) is 0 Å². The van der Waals surface area contributed by atoms with Crippen LogP contribution in [0.15, 0.2) is 24.3 Å². The van der Waals surface area contributed by atoms with Gasteiger partial charge >= 0.3 is 0 Å². The molecule has 0 bridgehead atoms. The smallest absolute Gasteiger partial charge is 0.133 e.